The van der Waals surface area contributed by atoms with Gasteiger partial charge in [0.1, 0.15) is 11.6 Å². The van der Waals surface area contributed by atoms with Crippen molar-refractivity contribution in [1.29, 1.82) is 0 Å². The number of benzene rings is 1. The summed E-state index contributed by atoms with van der Waals surface area (Å²) in [5, 5.41) is 11.9. The van der Waals surface area contributed by atoms with Gasteiger partial charge in [-0.1, -0.05) is 41.1 Å². The van der Waals surface area contributed by atoms with Crippen LogP contribution in [0.1, 0.15) is 23.4 Å². The molecule has 0 unspecified atom stereocenters. The number of nitrogens with zero attached hydrogens (tertiary/aromatic N) is 2. The van der Waals surface area contributed by atoms with E-state index in [1.807, 2.05) is 6.07 Å². The molecule has 6 nitrogen and oxygen atoms in total. The lowest BCUT2D eigenvalue weighted by molar-refractivity contribution is -0.145. The van der Waals surface area contributed by atoms with E-state index in [9.17, 15) is 9.59 Å². The van der Waals surface area contributed by atoms with Gasteiger partial charge in [-0.3, -0.25) is 9.59 Å². The third-order valence-electron chi connectivity index (χ3n) is 2.68. The predicted octanol–water partition coefficient (Wildman–Crippen LogP) is 2.96. The van der Waals surface area contributed by atoms with Crippen LogP contribution in [0.4, 0.5) is 5.13 Å². The molecule has 1 amide bonds. The molecule has 0 aliphatic heterocycles. The Balaban J connectivity index is 1.71. The zero-order valence-electron chi connectivity index (χ0n) is 11.8. The number of aromatic nitrogens is 2. The highest BCUT2D eigenvalue weighted by Crippen LogP contribution is 2.16. The Kier molecular flexibility index (Phi) is 5.85. The summed E-state index contributed by atoms with van der Waals surface area (Å²) < 4.78 is 5.08. The molecule has 116 valence electrons. The summed E-state index contributed by atoms with van der Waals surface area (Å²) in [6.45, 7) is 1.88. The van der Waals surface area contributed by atoms with Gasteiger partial charge in [0, 0.05) is 17.0 Å². The van der Waals surface area contributed by atoms with Crippen LogP contribution in [0.2, 0.25) is 5.02 Å². The summed E-state index contributed by atoms with van der Waals surface area (Å²) in [7, 11) is 0. The highest BCUT2D eigenvalue weighted by molar-refractivity contribution is 7.15. The van der Waals surface area contributed by atoms with Crippen molar-refractivity contribution in [2.75, 3.05) is 5.32 Å². The standard InChI is InChI=1S/C14H14ClN3O3S/c1-9-17-18-14(22-9)16-12(19)6-7-13(20)21-8-10-4-2-3-5-11(10)15/h2-5H,6-8H2,1H3,(H,16,18,19). The largest absolute Gasteiger partial charge is 0.461 e. The van der Waals surface area contributed by atoms with E-state index in [-0.39, 0.29) is 25.4 Å². The molecule has 0 atom stereocenters. The SMILES string of the molecule is Cc1nnc(NC(=O)CCC(=O)OCc2ccccc2Cl)s1. The lowest BCUT2D eigenvalue weighted by Crippen LogP contribution is -2.14. The van der Waals surface area contributed by atoms with Crippen LogP contribution in [0, 0.1) is 6.92 Å². The molecule has 1 N–H and O–H groups in total. The van der Waals surface area contributed by atoms with Gasteiger partial charge in [0.2, 0.25) is 11.0 Å². The van der Waals surface area contributed by atoms with E-state index < -0.39 is 5.97 Å². The van der Waals surface area contributed by atoms with Crippen LogP contribution in [0.25, 0.3) is 0 Å². The molecule has 1 aromatic carbocycles. The minimum Gasteiger partial charge on any atom is -0.461 e. The summed E-state index contributed by atoms with van der Waals surface area (Å²) in [6.07, 6.45) is 0.0219. The second kappa shape index (κ2) is 7.86. The van der Waals surface area contributed by atoms with Crippen molar-refractivity contribution in [3.8, 4) is 0 Å². The molecular weight excluding hydrogens is 326 g/mol. The monoisotopic (exact) mass is 339 g/mol. The van der Waals surface area contributed by atoms with Gasteiger partial charge in [-0.25, -0.2) is 0 Å². The topological polar surface area (TPSA) is 81.2 Å². The van der Waals surface area contributed by atoms with Crippen LogP contribution in [-0.4, -0.2) is 22.1 Å². The van der Waals surface area contributed by atoms with Crippen LogP contribution >= 0.6 is 22.9 Å². The van der Waals surface area contributed by atoms with Gasteiger partial charge in [-0.2, -0.15) is 0 Å². The van der Waals surface area contributed by atoms with Gasteiger partial charge < -0.3 is 10.1 Å². The van der Waals surface area contributed by atoms with Crippen molar-refractivity contribution in [1.82, 2.24) is 10.2 Å². The Morgan fingerprint density at radius 1 is 1.27 bits per heavy atom. The van der Waals surface area contributed by atoms with Gasteiger partial charge in [0.15, 0.2) is 0 Å². The maximum absolute atomic E-state index is 11.7. The summed E-state index contributed by atoms with van der Waals surface area (Å²) in [5.74, 6) is -0.755. The number of halogens is 1. The Morgan fingerprint density at radius 3 is 2.73 bits per heavy atom. The van der Waals surface area contributed by atoms with Gasteiger partial charge >= 0.3 is 5.97 Å². The third kappa shape index (κ3) is 5.09. The molecule has 0 saturated carbocycles. The second-order valence-corrected chi connectivity index (χ2v) is 6.02. The number of rotatable bonds is 6. The number of esters is 1. The summed E-state index contributed by atoms with van der Waals surface area (Å²) >= 11 is 7.23. The number of carbonyl (C=O) groups is 2. The smallest absolute Gasteiger partial charge is 0.306 e. The molecule has 0 spiro atoms. The Morgan fingerprint density at radius 2 is 2.05 bits per heavy atom. The normalized spacial score (nSPS) is 10.3. The maximum atomic E-state index is 11.7. The summed E-state index contributed by atoms with van der Waals surface area (Å²) in [5.41, 5.74) is 0.728. The van der Waals surface area contributed by atoms with Gasteiger partial charge in [0.25, 0.3) is 0 Å². The minimum atomic E-state index is -0.455. The molecular formula is C14H14ClN3O3S. The van der Waals surface area contributed by atoms with E-state index in [2.05, 4.69) is 15.5 Å². The van der Waals surface area contributed by atoms with Gasteiger partial charge in [0.05, 0.1) is 6.42 Å². The highest BCUT2D eigenvalue weighted by Gasteiger charge is 2.11. The lowest BCUT2D eigenvalue weighted by atomic mass is 10.2. The van der Waals surface area contributed by atoms with Crippen molar-refractivity contribution in [2.45, 2.75) is 26.4 Å². The first-order valence-corrected chi connectivity index (χ1v) is 7.73. The van der Waals surface area contributed by atoms with Crippen LogP contribution in [0.5, 0.6) is 0 Å². The Bertz CT molecular complexity index is 675. The molecule has 0 aliphatic carbocycles. The van der Waals surface area contributed by atoms with E-state index in [0.717, 1.165) is 10.6 Å². The fraction of sp³-hybridized carbons (Fsp3) is 0.286. The van der Waals surface area contributed by atoms with Crippen LogP contribution < -0.4 is 5.32 Å². The molecule has 22 heavy (non-hydrogen) atoms. The van der Waals surface area contributed by atoms with Crippen LogP contribution in [0.15, 0.2) is 24.3 Å². The second-order valence-electron chi connectivity index (χ2n) is 4.43. The highest BCUT2D eigenvalue weighted by atomic mass is 35.5. The van der Waals surface area contributed by atoms with Gasteiger partial charge in [-0.15, -0.1) is 10.2 Å². The van der Waals surface area contributed by atoms with Crippen LogP contribution in [-0.2, 0) is 20.9 Å². The van der Waals surface area contributed by atoms with E-state index >= 15 is 0 Å². The summed E-state index contributed by atoms with van der Waals surface area (Å²) in [6, 6.07) is 7.11. The number of hydrogen-bond donors (Lipinski definition) is 1. The molecule has 2 rings (SSSR count). The van der Waals surface area contributed by atoms with Crippen molar-refractivity contribution >= 4 is 39.9 Å². The maximum Gasteiger partial charge on any atom is 0.306 e. The van der Waals surface area contributed by atoms with Crippen molar-refractivity contribution in [3.63, 3.8) is 0 Å². The zero-order chi connectivity index (χ0) is 15.9. The average molecular weight is 340 g/mol. The number of ether oxygens (including phenoxy) is 1. The van der Waals surface area contributed by atoms with E-state index in [1.54, 1.807) is 25.1 Å². The fourth-order valence-corrected chi connectivity index (χ4v) is 2.39. The van der Waals surface area contributed by atoms with Crippen LogP contribution in [0.3, 0.4) is 0 Å². The number of hydrogen-bond acceptors (Lipinski definition) is 6. The lowest BCUT2D eigenvalue weighted by Gasteiger charge is -2.06. The number of carbonyl (C=O) groups excluding carboxylic acids is 2. The molecule has 0 aliphatic rings. The Hall–Kier alpha value is -1.99. The number of anilines is 1. The molecule has 0 radical (unpaired) electrons. The molecule has 0 saturated heterocycles. The first kappa shape index (κ1) is 16.4. The molecule has 1 aromatic heterocycles. The quantitative estimate of drug-likeness (QED) is 0.818. The fourth-order valence-electron chi connectivity index (χ4n) is 1.59. The number of nitrogens with one attached hydrogen (secondary N) is 1. The van der Waals surface area contributed by atoms with Gasteiger partial charge in [-0.05, 0) is 13.0 Å². The molecule has 0 fully saturated rings. The molecule has 8 heteroatoms. The van der Waals surface area contributed by atoms with E-state index in [0.29, 0.717) is 10.2 Å². The van der Waals surface area contributed by atoms with E-state index in [1.165, 1.54) is 11.3 Å². The molecule has 1 heterocycles. The zero-order valence-corrected chi connectivity index (χ0v) is 13.4. The van der Waals surface area contributed by atoms with Crippen molar-refractivity contribution in [3.05, 3.63) is 39.9 Å². The van der Waals surface area contributed by atoms with Crippen molar-refractivity contribution < 1.29 is 14.3 Å². The minimum absolute atomic E-state index is 0.00588. The van der Waals surface area contributed by atoms with Crippen molar-refractivity contribution in [2.24, 2.45) is 0 Å². The molecule has 0 bridgehead atoms. The number of amides is 1. The first-order chi connectivity index (χ1) is 10.5. The predicted molar refractivity (Wildman–Crippen MR) is 83.8 cm³/mol. The average Bonchev–Trinajstić information content (AvgIpc) is 2.89. The molecule has 2 aromatic rings. The van der Waals surface area contributed by atoms with E-state index in [4.69, 9.17) is 16.3 Å². The third-order valence-corrected chi connectivity index (χ3v) is 3.80. The Labute approximate surface area is 136 Å². The number of aryl methyl sites for hydroxylation is 1. The first-order valence-electron chi connectivity index (χ1n) is 6.53. The summed E-state index contributed by atoms with van der Waals surface area (Å²) in [4.78, 5) is 23.3.